The number of hydrogen-bond donors (Lipinski definition) is 1. The number of amides is 1. The van der Waals surface area contributed by atoms with Crippen LogP contribution in [0.4, 0.5) is 0 Å². The zero-order chi connectivity index (χ0) is 12.0. The van der Waals surface area contributed by atoms with Gasteiger partial charge in [0.25, 0.3) is 0 Å². The Bertz CT molecular complexity index is 217. The van der Waals surface area contributed by atoms with Crippen molar-refractivity contribution >= 4 is 5.91 Å². The molecule has 1 atom stereocenters. The highest BCUT2D eigenvalue weighted by atomic mass is 16.5. The number of rotatable bonds is 5. The van der Waals surface area contributed by atoms with Crippen molar-refractivity contribution in [1.29, 1.82) is 0 Å². The summed E-state index contributed by atoms with van der Waals surface area (Å²) in [6.07, 6.45) is 1.97. The van der Waals surface area contributed by atoms with Crippen LogP contribution in [0.3, 0.4) is 0 Å². The number of carbonyl (C=O) groups is 1. The van der Waals surface area contributed by atoms with Gasteiger partial charge in [-0.25, -0.2) is 0 Å². The fourth-order valence-corrected chi connectivity index (χ4v) is 2.01. The molecule has 0 aromatic carbocycles. The molecule has 1 fully saturated rings. The molecule has 1 saturated heterocycles. The summed E-state index contributed by atoms with van der Waals surface area (Å²) >= 11 is 0. The van der Waals surface area contributed by atoms with Gasteiger partial charge in [-0.2, -0.15) is 0 Å². The smallest absolute Gasteiger partial charge is 0.223 e. The van der Waals surface area contributed by atoms with E-state index in [4.69, 9.17) is 4.74 Å². The molecule has 1 heterocycles. The fraction of sp³-hybridized carbons (Fsp3) is 0.917. The van der Waals surface area contributed by atoms with Crippen LogP contribution in [0.1, 0.15) is 26.7 Å². The highest BCUT2D eigenvalue weighted by Crippen LogP contribution is 2.07. The highest BCUT2D eigenvalue weighted by Gasteiger charge is 2.20. The van der Waals surface area contributed by atoms with E-state index in [-0.39, 0.29) is 17.9 Å². The molecular formula is C12H24N2O2. The second-order valence-corrected chi connectivity index (χ2v) is 4.51. The lowest BCUT2D eigenvalue weighted by Crippen LogP contribution is -2.46. The second kappa shape index (κ2) is 6.86. The minimum absolute atomic E-state index is 0.150. The predicted molar refractivity (Wildman–Crippen MR) is 64.3 cm³/mol. The lowest BCUT2D eigenvalue weighted by Gasteiger charge is -2.30. The molecule has 0 saturated carbocycles. The van der Waals surface area contributed by atoms with E-state index < -0.39 is 0 Å². The van der Waals surface area contributed by atoms with Gasteiger partial charge in [-0.15, -0.1) is 0 Å². The molecule has 1 unspecified atom stereocenters. The van der Waals surface area contributed by atoms with E-state index in [9.17, 15) is 4.79 Å². The average Bonchev–Trinajstić information content (AvgIpc) is 2.28. The van der Waals surface area contributed by atoms with Gasteiger partial charge in [0.15, 0.2) is 0 Å². The molecule has 0 aliphatic carbocycles. The summed E-state index contributed by atoms with van der Waals surface area (Å²) in [5.74, 6) is 0.322. The van der Waals surface area contributed by atoms with Crippen molar-refractivity contribution in [1.82, 2.24) is 10.2 Å². The minimum Gasteiger partial charge on any atom is -0.374 e. The molecule has 1 amide bonds. The summed E-state index contributed by atoms with van der Waals surface area (Å²) in [5.41, 5.74) is 0. The number of hydrogen-bond acceptors (Lipinski definition) is 3. The molecule has 0 radical (unpaired) electrons. The Hall–Kier alpha value is -0.610. The second-order valence-electron chi connectivity index (χ2n) is 4.51. The van der Waals surface area contributed by atoms with Gasteiger partial charge in [0.2, 0.25) is 5.91 Å². The molecular weight excluding hydrogens is 204 g/mol. The summed E-state index contributed by atoms with van der Waals surface area (Å²) < 4.78 is 5.59. The third kappa shape index (κ3) is 4.10. The summed E-state index contributed by atoms with van der Waals surface area (Å²) in [7, 11) is 2.08. The molecule has 1 aliphatic rings. The molecule has 1 N–H and O–H groups in total. The van der Waals surface area contributed by atoms with Gasteiger partial charge < -0.3 is 15.0 Å². The maximum absolute atomic E-state index is 11.7. The average molecular weight is 228 g/mol. The Morgan fingerprint density at radius 1 is 1.50 bits per heavy atom. The minimum atomic E-state index is 0.150. The molecule has 4 heteroatoms. The van der Waals surface area contributed by atoms with Crippen molar-refractivity contribution in [2.75, 3.05) is 33.3 Å². The molecule has 16 heavy (non-hydrogen) atoms. The van der Waals surface area contributed by atoms with Crippen molar-refractivity contribution in [2.45, 2.75) is 32.8 Å². The van der Waals surface area contributed by atoms with Crippen molar-refractivity contribution in [3.8, 4) is 0 Å². The summed E-state index contributed by atoms with van der Waals surface area (Å²) in [4.78, 5) is 14.0. The fourth-order valence-electron chi connectivity index (χ4n) is 2.01. The maximum atomic E-state index is 11.7. The lowest BCUT2D eigenvalue weighted by molar-refractivity contribution is -0.126. The number of nitrogens with zero attached hydrogens (tertiary/aromatic N) is 1. The van der Waals surface area contributed by atoms with Crippen molar-refractivity contribution in [3.63, 3.8) is 0 Å². The van der Waals surface area contributed by atoms with Crippen LogP contribution in [0.5, 0.6) is 0 Å². The Balaban J connectivity index is 2.25. The van der Waals surface area contributed by atoms with Crippen molar-refractivity contribution in [3.05, 3.63) is 0 Å². The molecule has 1 aliphatic heterocycles. The van der Waals surface area contributed by atoms with Crippen LogP contribution < -0.4 is 5.32 Å². The van der Waals surface area contributed by atoms with Gasteiger partial charge in [-0.1, -0.05) is 13.8 Å². The Labute approximate surface area is 98.3 Å². The Morgan fingerprint density at radius 2 is 2.19 bits per heavy atom. The molecule has 0 bridgehead atoms. The van der Waals surface area contributed by atoms with Crippen molar-refractivity contribution in [2.24, 2.45) is 5.92 Å². The monoisotopic (exact) mass is 228 g/mol. The first-order chi connectivity index (χ1) is 7.67. The lowest BCUT2D eigenvalue weighted by atomic mass is 10.0. The molecule has 0 aromatic rings. The van der Waals surface area contributed by atoms with E-state index in [1.807, 2.05) is 0 Å². The maximum Gasteiger partial charge on any atom is 0.223 e. The number of morpholine rings is 1. The SMILES string of the molecule is CCC(CC)C(=O)NCC1CN(C)CCO1. The molecule has 4 nitrogen and oxygen atoms in total. The van der Waals surface area contributed by atoms with Gasteiger partial charge in [-0.05, 0) is 19.9 Å². The van der Waals surface area contributed by atoms with Crippen LogP contribution in [-0.2, 0) is 9.53 Å². The molecule has 94 valence electrons. The first-order valence-electron chi connectivity index (χ1n) is 6.25. The summed E-state index contributed by atoms with van der Waals surface area (Å²) in [5, 5.41) is 2.98. The van der Waals surface area contributed by atoms with E-state index in [2.05, 4.69) is 31.1 Å². The Kier molecular flexibility index (Phi) is 5.77. The summed E-state index contributed by atoms with van der Waals surface area (Å²) in [6.45, 7) is 7.40. The number of nitrogens with one attached hydrogen (secondary N) is 1. The number of likely N-dealkylation sites (N-methyl/N-ethyl adjacent to an activating group) is 1. The van der Waals surface area contributed by atoms with Crippen LogP contribution in [0.15, 0.2) is 0 Å². The zero-order valence-corrected chi connectivity index (χ0v) is 10.7. The quantitative estimate of drug-likeness (QED) is 0.759. The van der Waals surface area contributed by atoms with E-state index in [0.717, 1.165) is 32.5 Å². The van der Waals surface area contributed by atoms with E-state index in [1.54, 1.807) is 0 Å². The third-order valence-corrected chi connectivity index (χ3v) is 3.20. The van der Waals surface area contributed by atoms with Crippen LogP contribution >= 0.6 is 0 Å². The van der Waals surface area contributed by atoms with Crippen LogP contribution in [-0.4, -0.2) is 50.2 Å². The van der Waals surface area contributed by atoms with Crippen LogP contribution in [0.2, 0.25) is 0 Å². The Morgan fingerprint density at radius 3 is 2.75 bits per heavy atom. The third-order valence-electron chi connectivity index (χ3n) is 3.20. The molecule has 0 aromatic heterocycles. The number of ether oxygens (including phenoxy) is 1. The zero-order valence-electron chi connectivity index (χ0n) is 10.7. The van der Waals surface area contributed by atoms with Crippen LogP contribution in [0.25, 0.3) is 0 Å². The first kappa shape index (κ1) is 13.5. The highest BCUT2D eigenvalue weighted by molar-refractivity contribution is 5.78. The predicted octanol–water partition coefficient (Wildman–Crippen LogP) is 0.869. The molecule has 1 rings (SSSR count). The van der Waals surface area contributed by atoms with Gasteiger partial charge in [-0.3, -0.25) is 4.79 Å². The van der Waals surface area contributed by atoms with E-state index >= 15 is 0 Å². The standard InChI is InChI=1S/C12H24N2O2/c1-4-10(5-2)12(15)13-8-11-9-14(3)6-7-16-11/h10-11H,4-9H2,1-3H3,(H,13,15). The van der Waals surface area contributed by atoms with E-state index in [0.29, 0.717) is 6.54 Å². The topological polar surface area (TPSA) is 41.6 Å². The largest absolute Gasteiger partial charge is 0.374 e. The van der Waals surface area contributed by atoms with Gasteiger partial charge >= 0.3 is 0 Å². The van der Waals surface area contributed by atoms with Crippen molar-refractivity contribution < 1.29 is 9.53 Å². The molecule has 0 spiro atoms. The summed E-state index contributed by atoms with van der Waals surface area (Å²) in [6, 6.07) is 0. The first-order valence-corrected chi connectivity index (χ1v) is 6.25. The van der Waals surface area contributed by atoms with E-state index in [1.165, 1.54) is 0 Å². The van der Waals surface area contributed by atoms with Gasteiger partial charge in [0, 0.05) is 25.6 Å². The van der Waals surface area contributed by atoms with Gasteiger partial charge in [0.1, 0.15) is 0 Å². The number of carbonyl (C=O) groups excluding carboxylic acids is 1. The van der Waals surface area contributed by atoms with Gasteiger partial charge in [0.05, 0.1) is 12.7 Å². The van der Waals surface area contributed by atoms with Crippen LogP contribution in [0, 0.1) is 5.92 Å². The normalized spacial score (nSPS) is 22.4.